The number of hydrogen-bond donors (Lipinski definition) is 2. The van der Waals surface area contributed by atoms with Gasteiger partial charge in [0.2, 0.25) is 0 Å². The molecule has 0 aromatic heterocycles. The number of esters is 1. The minimum atomic E-state index is -0.511. The van der Waals surface area contributed by atoms with Crippen molar-refractivity contribution in [3.05, 3.63) is 40.0 Å². The first-order chi connectivity index (χ1) is 10.5. The molecule has 8 heteroatoms. The zero-order valence-electron chi connectivity index (χ0n) is 11.6. The van der Waals surface area contributed by atoms with Crippen LogP contribution >= 0.6 is 15.9 Å². The predicted octanol–water partition coefficient (Wildman–Crippen LogP) is 0.893. The van der Waals surface area contributed by atoms with Crippen molar-refractivity contribution in [3.63, 3.8) is 0 Å². The summed E-state index contributed by atoms with van der Waals surface area (Å²) in [7, 11) is 1.28. The van der Waals surface area contributed by atoms with Crippen LogP contribution in [0.15, 0.2) is 34.4 Å². The molecule has 0 spiro atoms. The Morgan fingerprint density at radius 3 is 2.73 bits per heavy atom. The topological polar surface area (TPSA) is 95.9 Å². The van der Waals surface area contributed by atoms with Crippen molar-refractivity contribution >= 4 is 39.4 Å². The van der Waals surface area contributed by atoms with Gasteiger partial charge in [-0.3, -0.25) is 14.5 Å². The molecule has 0 saturated carbocycles. The summed E-state index contributed by atoms with van der Waals surface area (Å²) < 4.78 is 5.16. The quantitative estimate of drug-likeness (QED) is 0.591. The number of halogens is 1. The van der Waals surface area contributed by atoms with Crippen LogP contribution in [0.1, 0.15) is 10.4 Å². The van der Waals surface area contributed by atoms with Crippen LogP contribution in [0.5, 0.6) is 0 Å². The van der Waals surface area contributed by atoms with Crippen molar-refractivity contribution in [1.29, 1.82) is 0 Å². The van der Waals surface area contributed by atoms with E-state index in [1.165, 1.54) is 19.3 Å². The number of aliphatic hydroxyl groups excluding tert-OH is 1. The number of methoxy groups -OCH3 is 1. The Morgan fingerprint density at radius 1 is 1.41 bits per heavy atom. The third kappa shape index (κ3) is 3.18. The molecule has 0 saturated heterocycles. The van der Waals surface area contributed by atoms with E-state index in [1.54, 1.807) is 12.1 Å². The summed E-state index contributed by atoms with van der Waals surface area (Å²) in [6, 6.07) is 4.66. The first-order valence-electron chi connectivity index (χ1n) is 6.31. The maximum Gasteiger partial charge on any atom is 0.337 e. The van der Waals surface area contributed by atoms with Gasteiger partial charge in [0.25, 0.3) is 11.8 Å². The fourth-order valence-electron chi connectivity index (χ4n) is 1.92. The molecule has 0 fully saturated rings. The predicted molar refractivity (Wildman–Crippen MR) is 81.0 cm³/mol. The second kappa shape index (κ2) is 6.71. The zero-order chi connectivity index (χ0) is 16.3. The summed E-state index contributed by atoms with van der Waals surface area (Å²) in [6.07, 6.45) is 1.17. The second-order valence-electron chi connectivity index (χ2n) is 4.39. The van der Waals surface area contributed by atoms with Crippen LogP contribution in [0.25, 0.3) is 0 Å². The lowest BCUT2D eigenvalue weighted by Crippen LogP contribution is -2.34. The molecule has 0 aliphatic carbocycles. The van der Waals surface area contributed by atoms with Crippen LogP contribution in [-0.4, -0.2) is 48.1 Å². The van der Waals surface area contributed by atoms with E-state index in [0.29, 0.717) is 15.7 Å². The van der Waals surface area contributed by atoms with Gasteiger partial charge in [-0.05, 0) is 34.1 Å². The summed E-state index contributed by atoms with van der Waals surface area (Å²) in [5.74, 6) is -1.47. The zero-order valence-corrected chi connectivity index (χ0v) is 13.2. The van der Waals surface area contributed by atoms with E-state index < -0.39 is 17.8 Å². The molecular weight excluding hydrogens is 356 g/mol. The summed E-state index contributed by atoms with van der Waals surface area (Å²) in [6.45, 7) is -0.349. The van der Waals surface area contributed by atoms with E-state index in [9.17, 15) is 14.4 Å². The molecular formula is C14H13BrN2O5. The average molecular weight is 369 g/mol. The third-order valence-corrected chi connectivity index (χ3v) is 3.65. The third-order valence-electron chi connectivity index (χ3n) is 2.99. The van der Waals surface area contributed by atoms with Crippen LogP contribution in [0, 0.1) is 0 Å². The van der Waals surface area contributed by atoms with Gasteiger partial charge in [-0.25, -0.2) is 4.79 Å². The van der Waals surface area contributed by atoms with Crippen LogP contribution < -0.4 is 5.32 Å². The Morgan fingerprint density at radius 2 is 2.14 bits per heavy atom. The van der Waals surface area contributed by atoms with Crippen molar-refractivity contribution in [3.8, 4) is 0 Å². The smallest absolute Gasteiger partial charge is 0.337 e. The normalized spacial score (nSPS) is 14.1. The van der Waals surface area contributed by atoms with Crippen molar-refractivity contribution in [2.45, 2.75) is 0 Å². The molecule has 2 N–H and O–H groups in total. The number of hydrogen-bond acceptors (Lipinski definition) is 6. The number of amides is 2. The second-order valence-corrected chi connectivity index (χ2v) is 5.24. The molecule has 0 bridgehead atoms. The highest BCUT2D eigenvalue weighted by Crippen LogP contribution is 2.26. The molecule has 0 unspecified atom stereocenters. The van der Waals surface area contributed by atoms with Gasteiger partial charge in [0.05, 0.1) is 31.5 Å². The molecule has 2 rings (SSSR count). The molecule has 0 radical (unpaired) electrons. The highest BCUT2D eigenvalue weighted by Gasteiger charge is 2.30. The van der Waals surface area contributed by atoms with E-state index in [4.69, 9.17) is 5.11 Å². The first-order valence-corrected chi connectivity index (χ1v) is 7.10. The Bertz CT molecular complexity index is 671. The summed E-state index contributed by atoms with van der Waals surface area (Å²) in [4.78, 5) is 36.0. The number of benzene rings is 1. The van der Waals surface area contributed by atoms with Gasteiger partial charge in [0.15, 0.2) is 0 Å². The number of nitrogens with zero attached hydrogens (tertiary/aromatic N) is 1. The van der Waals surface area contributed by atoms with Gasteiger partial charge in [0.1, 0.15) is 5.70 Å². The molecule has 0 atom stereocenters. The van der Waals surface area contributed by atoms with Gasteiger partial charge in [0, 0.05) is 10.5 Å². The van der Waals surface area contributed by atoms with E-state index >= 15 is 0 Å². The lowest BCUT2D eigenvalue weighted by atomic mass is 10.2. The number of anilines is 1. The summed E-state index contributed by atoms with van der Waals surface area (Å²) in [5, 5.41) is 11.7. The van der Waals surface area contributed by atoms with Crippen LogP contribution in [0.4, 0.5) is 5.69 Å². The monoisotopic (exact) mass is 368 g/mol. The highest BCUT2D eigenvalue weighted by atomic mass is 79.9. The van der Waals surface area contributed by atoms with Crippen molar-refractivity contribution in [2.75, 3.05) is 25.6 Å². The standard InChI is InChI=1S/C14H13BrN2O5/c1-22-14(21)8-2-3-10(9(15)6-8)16-11-7-12(19)17(4-5-18)13(11)20/h2-3,6-7,16,18H,4-5H2,1H3. The summed E-state index contributed by atoms with van der Waals surface area (Å²) in [5.41, 5.74) is 0.973. The molecule has 1 aliphatic rings. The lowest BCUT2D eigenvalue weighted by molar-refractivity contribution is -0.137. The molecule has 2 amide bonds. The Labute approximate surface area is 134 Å². The van der Waals surface area contributed by atoms with Crippen molar-refractivity contribution < 1.29 is 24.2 Å². The Hall–Kier alpha value is -2.19. The molecule has 1 heterocycles. The van der Waals surface area contributed by atoms with Gasteiger partial charge in [-0.1, -0.05) is 0 Å². The lowest BCUT2D eigenvalue weighted by Gasteiger charge is -2.14. The van der Waals surface area contributed by atoms with E-state index in [0.717, 1.165) is 4.90 Å². The molecule has 1 aromatic rings. The van der Waals surface area contributed by atoms with Gasteiger partial charge in [-0.15, -0.1) is 0 Å². The maximum atomic E-state index is 12.0. The number of aliphatic hydroxyl groups is 1. The number of β-amino-alcohol motifs (C(OH)–C–C–N with tert-alkyl or cyclic N) is 1. The first kappa shape index (κ1) is 16.2. The molecule has 1 aromatic carbocycles. The molecule has 1 aliphatic heterocycles. The highest BCUT2D eigenvalue weighted by molar-refractivity contribution is 9.10. The maximum absolute atomic E-state index is 12.0. The molecule has 116 valence electrons. The Kier molecular flexibility index (Phi) is 4.94. The number of carbonyl (C=O) groups is 3. The van der Waals surface area contributed by atoms with Crippen molar-refractivity contribution in [1.82, 2.24) is 4.90 Å². The van der Waals surface area contributed by atoms with E-state index in [1.807, 2.05) is 0 Å². The average Bonchev–Trinajstić information content (AvgIpc) is 2.76. The number of ether oxygens (including phenoxy) is 1. The SMILES string of the molecule is COC(=O)c1ccc(NC2=CC(=O)N(CCO)C2=O)c(Br)c1. The molecule has 7 nitrogen and oxygen atoms in total. The minimum Gasteiger partial charge on any atom is -0.465 e. The van der Waals surface area contributed by atoms with Crippen molar-refractivity contribution in [2.24, 2.45) is 0 Å². The van der Waals surface area contributed by atoms with Gasteiger partial charge < -0.3 is 15.2 Å². The van der Waals surface area contributed by atoms with Crippen LogP contribution in [0.3, 0.4) is 0 Å². The number of carbonyl (C=O) groups excluding carboxylic acids is 3. The fraction of sp³-hybridized carbons (Fsp3) is 0.214. The van der Waals surface area contributed by atoms with E-state index in [2.05, 4.69) is 26.0 Å². The van der Waals surface area contributed by atoms with E-state index in [-0.39, 0.29) is 18.8 Å². The fourth-order valence-corrected chi connectivity index (χ4v) is 2.39. The van der Waals surface area contributed by atoms with Gasteiger partial charge in [-0.2, -0.15) is 0 Å². The largest absolute Gasteiger partial charge is 0.465 e. The number of imide groups is 1. The Balaban J connectivity index is 2.18. The summed E-state index contributed by atoms with van der Waals surface area (Å²) >= 11 is 3.29. The van der Waals surface area contributed by atoms with Gasteiger partial charge >= 0.3 is 5.97 Å². The number of nitrogens with one attached hydrogen (secondary N) is 1. The minimum absolute atomic E-state index is 0.0538. The number of rotatable bonds is 5. The molecule has 22 heavy (non-hydrogen) atoms. The van der Waals surface area contributed by atoms with Crippen LogP contribution in [0.2, 0.25) is 0 Å². The van der Waals surface area contributed by atoms with Crippen LogP contribution in [-0.2, 0) is 14.3 Å².